The quantitative estimate of drug-likeness (QED) is 0.687. The minimum atomic E-state index is -0.476. The molecule has 0 bridgehead atoms. The smallest absolute Gasteiger partial charge is 0.212 e. The minimum Gasteiger partial charge on any atom is -0.444 e. The molecule has 1 unspecified atom stereocenters. The lowest BCUT2D eigenvalue weighted by Gasteiger charge is -2.38. The van der Waals surface area contributed by atoms with E-state index in [2.05, 4.69) is 25.2 Å². The maximum atomic E-state index is 13.1. The summed E-state index contributed by atoms with van der Waals surface area (Å²) in [7, 11) is 0. The van der Waals surface area contributed by atoms with Gasteiger partial charge in [0.05, 0.1) is 5.92 Å². The highest BCUT2D eigenvalue weighted by Gasteiger charge is 2.43. The molecule has 1 aliphatic carbocycles. The molecule has 1 heterocycles. The average molecular weight is 405 g/mol. The molecule has 29 heavy (non-hydrogen) atoms. The van der Waals surface area contributed by atoms with E-state index in [0.29, 0.717) is 40.7 Å². The van der Waals surface area contributed by atoms with Crippen LogP contribution in [-0.4, -0.2) is 5.78 Å². The zero-order valence-corrected chi connectivity index (χ0v) is 17.1. The predicted octanol–water partition coefficient (Wildman–Crippen LogP) is 5.94. The Bertz CT molecular complexity index is 1060. The van der Waals surface area contributed by atoms with Crippen molar-refractivity contribution in [3.8, 4) is 6.07 Å². The Kier molecular flexibility index (Phi) is 4.94. The van der Waals surface area contributed by atoms with Gasteiger partial charge in [-0.25, -0.2) is 0 Å². The van der Waals surface area contributed by atoms with E-state index in [1.54, 1.807) is 12.1 Å². The summed E-state index contributed by atoms with van der Waals surface area (Å²) >= 11 is 6.07. The van der Waals surface area contributed by atoms with Crippen LogP contribution in [0.25, 0.3) is 0 Å². The number of ether oxygens (including phenoxy) is 1. The topological polar surface area (TPSA) is 62.1 Å². The lowest BCUT2D eigenvalue weighted by atomic mass is 9.70. The van der Waals surface area contributed by atoms with Gasteiger partial charge >= 0.3 is 0 Å². The van der Waals surface area contributed by atoms with Crippen molar-refractivity contribution in [2.24, 2.45) is 5.41 Å². The number of hydrogen-bond donors (Lipinski definition) is 1. The lowest BCUT2D eigenvalue weighted by Crippen LogP contribution is -2.33. The van der Waals surface area contributed by atoms with Gasteiger partial charge in [0, 0.05) is 29.1 Å². The van der Waals surface area contributed by atoms with Crippen LogP contribution in [0, 0.1) is 16.7 Å². The molecule has 1 N–H and O–H groups in total. The van der Waals surface area contributed by atoms with Gasteiger partial charge in [0.15, 0.2) is 5.78 Å². The Morgan fingerprint density at radius 1 is 1.10 bits per heavy atom. The van der Waals surface area contributed by atoms with E-state index in [9.17, 15) is 10.1 Å². The second-order valence-electron chi connectivity index (χ2n) is 8.21. The van der Waals surface area contributed by atoms with Gasteiger partial charge in [0.2, 0.25) is 5.88 Å². The second-order valence-corrected chi connectivity index (χ2v) is 8.65. The number of halogens is 1. The summed E-state index contributed by atoms with van der Waals surface area (Å²) < 4.78 is 6.16. The van der Waals surface area contributed by atoms with E-state index in [1.807, 2.05) is 42.5 Å². The molecular weight excluding hydrogens is 384 g/mol. The molecule has 0 radical (unpaired) electrons. The van der Waals surface area contributed by atoms with E-state index in [-0.39, 0.29) is 11.2 Å². The number of rotatable bonds is 3. The van der Waals surface area contributed by atoms with Crippen molar-refractivity contribution in [2.75, 3.05) is 5.32 Å². The largest absolute Gasteiger partial charge is 0.444 e. The molecule has 146 valence electrons. The van der Waals surface area contributed by atoms with Gasteiger partial charge in [-0.05, 0) is 35.2 Å². The highest BCUT2D eigenvalue weighted by molar-refractivity contribution is 6.30. The van der Waals surface area contributed by atoms with Gasteiger partial charge in [-0.15, -0.1) is 0 Å². The van der Waals surface area contributed by atoms with Crippen LogP contribution in [0.3, 0.4) is 0 Å². The summed E-state index contributed by atoms with van der Waals surface area (Å²) in [5.41, 5.74) is 2.45. The molecule has 2 aromatic rings. The fraction of sp³-hybridized carbons (Fsp3) is 0.250. The van der Waals surface area contributed by atoms with Gasteiger partial charge in [0.25, 0.3) is 0 Å². The number of allylic oxidation sites excluding steroid dienone is 3. The number of ketones is 1. The maximum Gasteiger partial charge on any atom is 0.212 e. The fourth-order valence-corrected chi connectivity index (χ4v) is 4.12. The minimum absolute atomic E-state index is 0.0303. The normalized spacial score (nSPS) is 20.6. The highest BCUT2D eigenvalue weighted by Crippen LogP contribution is 2.48. The third-order valence-corrected chi connectivity index (χ3v) is 5.53. The van der Waals surface area contributed by atoms with Crippen molar-refractivity contribution in [3.05, 3.63) is 88.0 Å². The number of para-hydroxylation sites is 1. The van der Waals surface area contributed by atoms with Gasteiger partial charge in [-0.2, -0.15) is 5.26 Å². The number of hydrogen-bond acceptors (Lipinski definition) is 4. The number of carbonyl (C=O) groups excluding carboxylic acids is 1. The first-order chi connectivity index (χ1) is 13.9. The van der Waals surface area contributed by atoms with Gasteiger partial charge in [-0.3, -0.25) is 4.79 Å². The molecule has 0 amide bonds. The van der Waals surface area contributed by atoms with Crippen LogP contribution < -0.4 is 5.32 Å². The van der Waals surface area contributed by atoms with E-state index in [1.165, 1.54) is 0 Å². The van der Waals surface area contributed by atoms with Crippen LogP contribution in [0.4, 0.5) is 5.69 Å². The Morgan fingerprint density at radius 2 is 1.79 bits per heavy atom. The molecule has 0 fully saturated rings. The summed E-state index contributed by atoms with van der Waals surface area (Å²) in [6, 6.07) is 19.1. The van der Waals surface area contributed by atoms with E-state index >= 15 is 0 Å². The summed E-state index contributed by atoms with van der Waals surface area (Å²) in [4.78, 5) is 13.1. The summed E-state index contributed by atoms with van der Waals surface area (Å²) in [5.74, 6) is 0.574. The standard InChI is InChI=1S/C24H21ClN2O2/c1-24(2)12-19(28)22-20(13-24)29-23(27-17-6-4-3-5-7-17)18(14-26)21(22)15-8-10-16(25)11-9-15/h3-11,21,27H,12-13H2,1-2H3. The van der Waals surface area contributed by atoms with Crippen molar-refractivity contribution in [1.82, 2.24) is 0 Å². The van der Waals surface area contributed by atoms with Gasteiger partial charge < -0.3 is 10.1 Å². The number of nitrogens with zero attached hydrogens (tertiary/aromatic N) is 1. The van der Waals surface area contributed by atoms with E-state index in [0.717, 1.165) is 11.3 Å². The second kappa shape index (κ2) is 7.42. The van der Waals surface area contributed by atoms with E-state index in [4.69, 9.17) is 16.3 Å². The molecule has 2 aliphatic rings. The van der Waals surface area contributed by atoms with Crippen LogP contribution in [-0.2, 0) is 9.53 Å². The number of benzene rings is 2. The van der Waals surface area contributed by atoms with Crippen LogP contribution in [0.2, 0.25) is 5.02 Å². The molecule has 5 heteroatoms. The van der Waals surface area contributed by atoms with Gasteiger partial charge in [-0.1, -0.05) is 55.8 Å². The molecule has 4 nitrogen and oxygen atoms in total. The summed E-state index contributed by atoms with van der Waals surface area (Å²) in [6.45, 7) is 4.12. The number of carbonyl (C=O) groups is 1. The molecule has 1 aliphatic heterocycles. The zero-order valence-electron chi connectivity index (χ0n) is 16.3. The molecule has 0 spiro atoms. The number of anilines is 1. The SMILES string of the molecule is CC1(C)CC(=O)C2=C(C1)OC(Nc1ccccc1)=C(C#N)C2c1ccc(Cl)cc1. The number of nitriles is 1. The van der Waals surface area contributed by atoms with Crippen LogP contribution in [0.15, 0.2) is 77.4 Å². The van der Waals surface area contributed by atoms with Crippen molar-refractivity contribution in [2.45, 2.75) is 32.6 Å². The number of nitrogens with one attached hydrogen (secondary N) is 1. The molecule has 0 saturated carbocycles. The predicted molar refractivity (Wildman–Crippen MR) is 113 cm³/mol. The Labute approximate surface area is 175 Å². The molecule has 2 aromatic carbocycles. The third kappa shape index (κ3) is 3.79. The third-order valence-electron chi connectivity index (χ3n) is 5.28. The van der Waals surface area contributed by atoms with Crippen molar-refractivity contribution in [1.29, 1.82) is 5.26 Å². The Hall–Kier alpha value is -3.03. The first-order valence-corrected chi connectivity index (χ1v) is 9.92. The first kappa shape index (κ1) is 19.3. The number of Topliss-reactive ketones (excluding diaryl/α,β-unsaturated/α-hetero) is 1. The first-order valence-electron chi connectivity index (χ1n) is 9.54. The lowest BCUT2D eigenvalue weighted by molar-refractivity contribution is -0.119. The average Bonchev–Trinajstić information content (AvgIpc) is 2.67. The van der Waals surface area contributed by atoms with Crippen molar-refractivity contribution < 1.29 is 9.53 Å². The summed E-state index contributed by atoms with van der Waals surface area (Å²) in [5, 5.41) is 13.9. The maximum absolute atomic E-state index is 13.1. The van der Waals surface area contributed by atoms with Crippen molar-refractivity contribution >= 4 is 23.1 Å². The molecule has 0 saturated heterocycles. The molecule has 0 aromatic heterocycles. The van der Waals surface area contributed by atoms with Crippen LogP contribution in [0.1, 0.15) is 38.2 Å². The summed E-state index contributed by atoms with van der Waals surface area (Å²) in [6.07, 6.45) is 1.07. The highest BCUT2D eigenvalue weighted by atomic mass is 35.5. The van der Waals surface area contributed by atoms with Crippen LogP contribution in [0.5, 0.6) is 0 Å². The molecular formula is C24H21ClN2O2. The Morgan fingerprint density at radius 3 is 2.45 bits per heavy atom. The molecule has 4 rings (SSSR count). The fourth-order valence-electron chi connectivity index (χ4n) is 3.99. The van der Waals surface area contributed by atoms with Crippen molar-refractivity contribution in [3.63, 3.8) is 0 Å². The zero-order chi connectivity index (χ0) is 20.6. The van der Waals surface area contributed by atoms with E-state index < -0.39 is 5.92 Å². The van der Waals surface area contributed by atoms with Gasteiger partial charge in [0.1, 0.15) is 17.4 Å². The molecule has 1 atom stereocenters. The monoisotopic (exact) mass is 404 g/mol. The Balaban J connectivity index is 1.86. The van der Waals surface area contributed by atoms with Crippen LogP contribution >= 0.6 is 11.6 Å².